The summed E-state index contributed by atoms with van der Waals surface area (Å²) in [5.41, 5.74) is 12.0. The van der Waals surface area contributed by atoms with Gasteiger partial charge in [0.05, 0.1) is 0 Å². The first-order valence-electron chi connectivity index (χ1n) is 25.5. The van der Waals surface area contributed by atoms with Crippen LogP contribution < -0.4 is 0 Å². The molecule has 0 atom stereocenters. The summed E-state index contributed by atoms with van der Waals surface area (Å²) in [6.45, 7) is 41.7. The molecular formula is C56H86N14. The van der Waals surface area contributed by atoms with Gasteiger partial charge in [-0.2, -0.15) is 5.10 Å². The molecule has 0 bridgehead atoms. The van der Waals surface area contributed by atoms with E-state index in [1.807, 2.05) is 129 Å². The first kappa shape index (κ1) is 61.2. The van der Waals surface area contributed by atoms with Crippen molar-refractivity contribution >= 4 is 44.5 Å². The highest BCUT2D eigenvalue weighted by Crippen LogP contribution is 2.24. The van der Waals surface area contributed by atoms with Crippen LogP contribution in [0.1, 0.15) is 196 Å². The number of hydrogen-bond donors (Lipinski definition) is 3. The number of H-pyrrole nitrogens is 3. The lowest BCUT2D eigenvalue weighted by molar-refractivity contribution is 0.835. The van der Waals surface area contributed by atoms with Gasteiger partial charge in [0, 0.05) is 72.1 Å². The summed E-state index contributed by atoms with van der Waals surface area (Å²) in [6.07, 6.45) is 22.1. The summed E-state index contributed by atoms with van der Waals surface area (Å²) in [7, 11) is 0. The van der Waals surface area contributed by atoms with Gasteiger partial charge in [-0.05, 0) is 76.1 Å². The molecule has 10 heterocycles. The van der Waals surface area contributed by atoms with Crippen LogP contribution in [0, 0.1) is 0 Å². The molecule has 0 aliphatic carbocycles. The van der Waals surface area contributed by atoms with Gasteiger partial charge in [-0.25, -0.2) is 29.4 Å². The number of nitrogens with one attached hydrogen (secondary N) is 3. The molecule has 10 aromatic heterocycles. The lowest BCUT2D eigenvalue weighted by Gasteiger charge is -2.04. The molecule has 0 aliphatic rings. The Hall–Kier alpha value is -6.83. The van der Waals surface area contributed by atoms with Gasteiger partial charge >= 0.3 is 0 Å². The van der Waals surface area contributed by atoms with E-state index in [1.165, 1.54) is 33.2 Å². The van der Waals surface area contributed by atoms with Crippen molar-refractivity contribution in [3.8, 4) is 0 Å². The molecule has 70 heavy (non-hydrogen) atoms. The summed E-state index contributed by atoms with van der Waals surface area (Å²) in [5.74, 6) is 2.67. The third-order valence-electron chi connectivity index (χ3n) is 10.0. The average molecular weight is 955 g/mol. The van der Waals surface area contributed by atoms with E-state index in [4.69, 9.17) is 0 Å². The molecule has 10 aromatic rings. The second-order valence-electron chi connectivity index (χ2n) is 16.0. The van der Waals surface area contributed by atoms with Gasteiger partial charge in [0.15, 0.2) is 16.9 Å². The van der Waals surface area contributed by atoms with Crippen LogP contribution in [0.2, 0.25) is 0 Å². The Bertz CT molecular complexity index is 2590. The topological polar surface area (TPSA) is 172 Å². The standard InChI is InChI=1S/C10H12N2.4C9H11N3.5C2H6/c1-7(2)9-6-12-10-8(9)4-3-5-11-10;1-6(2)7-4-11-9-8(7)3-10-5-12-9;1-7(2)8-3-4-9-11-10-6-12(9)5-8;1-7(2)8-3-4-9-10-6-11-12(9)5-8;1-6(2)7-5-12-9-8(7)10-3-4-11-9;5*1-2/h3-7H,1-2H3,(H,11,12);3-6H,1-2H3,(H,10,11,12);2*3-7H,1-2H3;3-6H,1-2H3,(H,11,12);5*1-2H3. The second kappa shape index (κ2) is 33.6. The van der Waals surface area contributed by atoms with E-state index in [2.05, 4.69) is 154 Å². The monoisotopic (exact) mass is 955 g/mol. The lowest BCUT2D eigenvalue weighted by Crippen LogP contribution is -1.93. The Kier molecular flexibility index (Phi) is 29.4. The zero-order chi connectivity index (χ0) is 52.8. The van der Waals surface area contributed by atoms with Crippen molar-refractivity contribution in [3.05, 3.63) is 139 Å². The van der Waals surface area contributed by atoms with Gasteiger partial charge in [-0.1, -0.05) is 151 Å². The molecule has 14 heteroatoms. The highest BCUT2D eigenvalue weighted by molar-refractivity contribution is 5.80. The van der Waals surface area contributed by atoms with Crippen LogP contribution in [0.15, 0.2) is 111 Å². The smallest absolute Gasteiger partial charge is 0.160 e. The van der Waals surface area contributed by atoms with Gasteiger partial charge < -0.3 is 15.0 Å². The lowest BCUT2D eigenvalue weighted by atomic mass is 10.0. The van der Waals surface area contributed by atoms with E-state index in [0.29, 0.717) is 29.6 Å². The fourth-order valence-electron chi connectivity index (χ4n) is 6.48. The Labute approximate surface area is 419 Å². The zero-order valence-corrected chi connectivity index (χ0v) is 46.2. The highest BCUT2D eigenvalue weighted by Gasteiger charge is 2.09. The molecule has 380 valence electrons. The van der Waals surface area contributed by atoms with Crippen LogP contribution in [0.4, 0.5) is 0 Å². The minimum Gasteiger partial charge on any atom is -0.346 e. The Morgan fingerprint density at radius 1 is 0.457 bits per heavy atom. The van der Waals surface area contributed by atoms with E-state index < -0.39 is 0 Å². The van der Waals surface area contributed by atoms with E-state index in [0.717, 1.165) is 39.1 Å². The highest BCUT2D eigenvalue weighted by atomic mass is 15.3. The number of aromatic nitrogens is 14. The maximum absolute atomic E-state index is 4.27. The molecule has 0 saturated heterocycles. The van der Waals surface area contributed by atoms with Crippen LogP contribution >= 0.6 is 0 Å². The molecule has 0 spiro atoms. The number of aromatic amines is 3. The van der Waals surface area contributed by atoms with E-state index in [9.17, 15) is 0 Å². The average Bonchev–Trinajstić information content (AvgIpc) is 4.27. The molecule has 0 fully saturated rings. The van der Waals surface area contributed by atoms with Crippen molar-refractivity contribution in [1.29, 1.82) is 0 Å². The predicted molar refractivity (Wildman–Crippen MR) is 297 cm³/mol. The predicted octanol–water partition coefficient (Wildman–Crippen LogP) is 15.7. The summed E-state index contributed by atoms with van der Waals surface area (Å²) < 4.78 is 3.74. The van der Waals surface area contributed by atoms with Crippen LogP contribution in [0.25, 0.3) is 44.5 Å². The summed E-state index contributed by atoms with van der Waals surface area (Å²) in [6, 6.07) is 12.2. The molecule has 10 rings (SSSR count). The maximum Gasteiger partial charge on any atom is 0.160 e. The van der Waals surface area contributed by atoms with Crippen LogP contribution in [-0.2, 0) is 0 Å². The Balaban J connectivity index is 0.000000418. The SMILES string of the molecule is CC.CC.CC.CC.CC.CC(C)c1c[nH]c2ncccc12.CC(C)c1c[nH]c2nccnc12.CC(C)c1c[nH]c2ncncc12.CC(C)c1ccc2ncnn2c1.CC(C)c1ccc2nncn2c1. The van der Waals surface area contributed by atoms with Crippen LogP contribution in [0.3, 0.4) is 0 Å². The number of rotatable bonds is 5. The summed E-state index contributed by atoms with van der Waals surface area (Å²) >= 11 is 0. The second-order valence-corrected chi connectivity index (χ2v) is 16.0. The molecule has 0 amide bonds. The summed E-state index contributed by atoms with van der Waals surface area (Å²) in [5, 5.41) is 14.2. The maximum atomic E-state index is 4.27. The van der Waals surface area contributed by atoms with Gasteiger partial charge in [0.2, 0.25) is 0 Å². The van der Waals surface area contributed by atoms with E-state index in [1.54, 1.807) is 35.9 Å². The Morgan fingerprint density at radius 3 is 1.57 bits per heavy atom. The summed E-state index contributed by atoms with van der Waals surface area (Å²) in [4.78, 5) is 34.2. The quantitative estimate of drug-likeness (QED) is 0.152. The first-order valence-corrected chi connectivity index (χ1v) is 25.5. The number of pyridine rings is 3. The van der Waals surface area contributed by atoms with Gasteiger partial charge in [-0.3, -0.25) is 9.38 Å². The molecule has 0 aliphatic heterocycles. The van der Waals surface area contributed by atoms with Gasteiger partial charge in [0.25, 0.3) is 0 Å². The minimum atomic E-state index is 0.496. The third kappa shape index (κ3) is 17.9. The fraction of sp³-hybridized carbons (Fsp3) is 0.446. The molecule has 0 aromatic carbocycles. The van der Waals surface area contributed by atoms with E-state index >= 15 is 0 Å². The van der Waals surface area contributed by atoms with Gasteiger partial charge in [0.1, 0.15) is 35.8 Å². The van der Waals surface area contributed by atoms with Crippen molar-refractivity contribution < 1.29 is 0 Å². The molecule has 3 N–H and O–H groups in total. The number of hydrogen-bond acceptors (Lipinski definition) is 9. The largest absolute Gasteiger partial charge is 0.346 e. The van der Waals surface area contributed by atoms with Crippen LogP contribution in [-0.4, -0.2) is 69.1 Å². The van der Waals surface area contributed by atoms with Crippen molar-refractivity contribution in [2.75, 3.05) is 0 Å². The number of nitrogens with zero attached hydrogens (tertiary/aromatic N) is 11. The Morgan fingerprint density at radius 2 is 0.971 bits per heavy atom. The zero-order valence-electron chi connectivity index (χ0n) is 46.2. The van der Waals surface area contributed by atoms with Crippen molar-refractivity contribution in [1.82, 2.24) is 69.1 Å². The molecule has 0 unspecified atom stereocenters. The third-order valence-corrected chi connectivity index (χ3v) is 10.0. The molecular weight excluding hydrogens is 869 g/mol. The fourth-order valence-corrected chi connectivity index (χ4v) is 6.48. The van der Waals surface area contributed by atoms with Gasteiger partial charge in [-0.15, -0.1) is 10.2 Å². The van der Waals surface area contributed by atoms with Crippen molar-refractivity contribution in [3.63, 3.8) is 0 Å². The minimum absolute atomic E-state index is 0.496. The van der Waals surface area contributed by atoms with Crippen LogP contribution in [0.5, 0.6) is 0 Å². The van der Waals surface area contributed by atoms with E-state index in [-0.39, 0.29) is 0 Å². The first-order chi connectivity index (χ1) is 33.9. The van der Waals surface area contributed by atoms with Crippen molar-refractivity contribution in [2.45, 2.75) is 168 Å². The normalized spacial score (nSPS) is 10.1. The molecule has 0 radical (unpaired) electrons. The number of fused-ring (bicyclic) bond motifs is 5. The molecule has 14 nitrogen and oxygen atoms in total. The van der Waals surface area contributed by atoms with Crippen molar-refractivity contribution in [2.24, 2.45) is 0 Å². The molecule has 0 saturated carbocycles.